The van der Waals surface area contributed by atoms with E-state index in [0.29, 0.717) is 0 Å². The van der Waals surface area contributed by atoms with Gasteiger partial charge < -0.3 is 5.32 Å². The second-order valence-corrected chi connectivity index (χ2v) is 6.53. The fourth-order valence-electron chi connectivity index (χ4n) is 3.00. The number of likely N-dealkylation sites (tertiary alicyclic amines) is 1. The zero-order valence-corrected chi connectivity index (χ0v) is 11.9. The van der Waals surface area contributed by atoms with E-state index < -0.39 is 0 Å². The molecule has 0 bridgehead atoms. The van der Waals surface area contributed by atoms with E-state index in [1.165, 1.54) is 51.7 Å². The first-order valence-electron chi connectivity index (χ1n) is 7.66. The third kappa shape index (κ3) is 4.26. The Labute approximate surface area is 107 Å². The molecule has 1 saturated carbocycles. The summed E-state index contributed by atoms with van der Waals surface area (Å²) >= 11 is 0. The van der Waals surface area contributed by atoms with Crippen LogP contribution in [0.3, 0.4) is 0 Å². The van der Waals surface area contributed by atoms with Crippen molar-refractivity contribution in [3.8, 4) is 0 Å². The predicted molar refractivity (Wildman–Crippen MR) is 74.2 cm³/mol. The minimum absolute atomic E-state index is 0.757. The summed E-state index contributed by atoms with van der Waals surface area (Å²) in [6.07, 6.45) is 6.98. The van der Waals surface area contributed by atoms with Crippen molar-refractivity contribution in [2.24, 2.45) is 11.8 Å². The van der Waals surface area contributed by atoms with Gasteiger partial charge in [0, 0.05) is 25.2 Å². The Kier molecular flexibility index (Phi) is 4.87. The molecule has 2 fully saturated rings. The fraction of sp³-hybridized carbons (Fsp3) is 1.00. The normalized spacial score (nSPS) is 31.1. The first kappa shape index (κ1) is 13.4. The molecule has 0 aromatic heterocycles. The van der Waals surface area contributed by atoms with Gasteiger partial charge in [0.2, 0.25) is 0 Å². The van der Waals surface area contributed by atoms with Crippen LogP contribution in [0.5, 0.6) is 0 Å². The number of nitrogens with one attached hydrogen (secondary N) is 1. The van der Waals surface area contributed by atoms with Gasteiger partial charge in [0.1, 0.15) is 0 Å². The third-order valence-electron chi connectivity index (χ3n) is 4.36. The fourth-order valence-corrected chi connectivity index (χ4v) is 3.00. The highest BCUT2D eigenvalue weighted by Gasteiger charge is 2.35. The summed E-state index contributed by atoms with van der Waals surface area (Å²) in [6, 6.07) is 1.70. The third-order valence-corrected chi connectivity index (χ3v) is 4.36. The molecule has 1 heterocycles. The molecule has 2 nitrogen and oxygen atoms in total. The van der Waals surface area contributed by atoms with Crippen LogP contribution in [0.4, 0.5) is 0 Å². The van der Waals surface area contributed by atoms with E-state index in [-0.39, 0.29) is 0 Å². The Hall–Kier alpha value is -0.0800. The minimum atomic E-state index is 0.757. The summed E-state index contributed by atoms with van der Waals surface area (Å²) in [7, 11) is 0. The molecule has 0 amide bonds. The Morgan fingerprint density at radius 1 is 1.24 bits per heavy atom. The lowest BCUT2D eigenvalue weighted by Crippen LogP contribution is -2.50. The van der Waals surface area contributed by atoms with Gasteiger partial charge in [0.25, 0.3) is 0 Å². The lowest BCUT2D eigenvalue weighted by molar-refractivity contribution is 0.131. The second-order valence-electron chi connectivity index (χ2n) is 6.53. The molecular weight excluding hydrogens is 208 g/mol. The van der Waals surface area contributed by atoms with E-state index in [2.05, 4.69) is 31.0 Å². The maximum Gasteiger partial charge on any atom is 0.0198 e. The van der Waals surface area contributed by atoms with Crippen LogP contribution < -0.4 is 5.32 Å². The van der Waals surface area contributed by atoms with Crippen molar-refractivity contribution in [2.45, 2.75) is 65.0 Å². The van der Waals surface area contributed by atoms with E-state index in [1.54, 1.807) is 0 Å². The van der Waals surface area contributed by atoms with Gasteiger partial charge in [-0.2, -0.15) is 0 Å². The van der Waals surface area contributed by atoms with Crippen LogP contribution in [-0.4, -0.2) is 36.6 Å². The largest absolute Gasteiger partial charge is 0.313 e. The number of rotatable bonds is 6. The van der Waals surface area contributed by atoms with Crippen LogP contribution >= 0.6 is 0 Å². The SMILES string of the molecule is CCC1CC(NCCC(C)C)CN(C2CC2)C1. The van der Waals surface area contributed by atoms with Gasteiger partial charge in [-0.05, 0) is 44.1 Å². The summed E-state index contributed by atoms with van der Waals surface area (Å²) in [6.45, 7) is 10.9. The van der Waals surface area contributed by atoms with Gasteiger partial charge >= 0.3 is 0 Å². The van der Waals surface area contributed by atoms with E-state index in [0.717, 1.165) is 23.9 Å². The lowest BCUT2D eigenvalue weighted by Gasteiger charge is -2.38. The maximum atomic E-state index is 3.79. The van der Waals surface area contributed by atoms with Gasteiger partial charge in [-0.25, -0.2) is 0 Å². The molecule has 2 rings (SSSR count). The van der Waals surface area contributed by atoms with Crippen molar-refractivity contribution >= 4 is 0 Å². The summed E-state index contributed by atoms with van der Waals surface area (Å²) in [5.41, 5.74) is 0. The van der Waals surface area contributed by atoms with Crippen LogP contribution in [0.15, 0.2) is 0 Å². The van der Waals surface area contributed by atoms with Crippen LogP contribution in [0.25, 0.3) is 0 Å². The molecule has 17 heavy (non-hydrogen) atoms. The summed E-state index contributed by atoms with van der Waals surface area (Å²) in [5, 5.41) is 3.79. The highest BCUT2D eigenvalue weighted by atomic mass is 15.2. The molecule has 0 aromatic carbocycles. The number of hydrogen-bond donors (Lipinski definition) is 1. The number of nitrogens with zero attached hydrogens (tertiary/aromatic N) is 1. The monoisotopic (exact) mass is 238 g/mol. The lowest BCUT2D eigenvalue weighted by atomic mass is 9.92. The average Bonchev–Trinajstić information content (AvgIpc) is 3.12. The maximum absolute atomic E-state index is 3.79. The van der Waals surface area contributed by atoms with Crippen LogP contribution in [0, 0.1) is 11.8 Å². The van der Waals surface area contributed by atoms with E-state index in [1.807, 2.05) is 0 Å². The highest BCUT2D eigenvalue weighted by Crippen LogP contribution is 2.31. The molecule has 2 unspecified atom stereocenters. The van der Waals surface area contributed by atoms with Crippen LogP contribution in [-0.2, 0) is 0 Å². The number of hydrogen-bond acceptors (Lipinski definition) is 2. The Bertz CT molecular complexity index is 223. The molecule has 100 valence electrons. The van der Waals surface area contributed by atoms with Crippen molar-refractivity contribution < 1.29 is 0 Å². The standard InChI is InChI=1S/C15H30N2/c1-4-13-9-14(16-8-7-12(2)3)11-17(10-13)15-5-6-15/h12-16H,4-11H2,1-3H3. The molecule has 0 radical (unpaired) electrons. The second kappa shape index (κ2) is 6.19. The van der Waals surface area contributed by atoms with E-state index >= 15 is 0 Å². The summed E-state index contributed by atoms with van der Waals surface area (Å²) in [4.78, 5) is 2.75. The molecule has 1 aliphatic carbocycles. The predicted octanol–water partition coefficient (Wildman–Crippen LogP) is 2.89. The first-order chi connectivity index (χ1) is 8.19. The Morgan fingerprint density at radius 3 is 2.59 bits per heavy atom. The van der Waals surface area contributed by atoms with Gasteiger partial charge in [-0.15, -0.1) is 0 Å². The van der Waals surface area contributed by atoms with Crippen LogP contribution in [0.2, 0.25) is 0 Å². The summed E-state index contributed by atoms with van der Waals surface area (Å²) < 4.78 is 0. The van der Waals surface area contributed by atoms with Gasteiger partial charge in [0.05, 0.1) is 0 Å². The molecule has 0 aromatic rings. The van der Waals surface area contributed by atoms with Gasteiger partial charge in [-0.3, -0.25) is 4.90 Å². The number of piperidine rings is 1. The van der Waals surface area contributed by atoms with Gasteiger partial charge in [0.15, 0.2) is 0 Å². The molecule has 0 spiro atoms. The minimum Gasteiger partial charge on any atom is -0.313 e. The average molecular weight is 238 g/mol. The smallest absolute Gasteiger partial charge is 0.0198 e. The quantitative estimate of drug-likeness (QED) is 0.765. The summed E-state index contributed by atoms with van der Waals surface area (Å²) in [5.74, 6) is 1.76. The van der Waals surface area contributed by atoms with Crippen molar-refractivity contribution in [1.82, 2.24) is 10.2 Å². The van der Waals surface area contributed by atoms with Crippen molar-refractivity contribution in [3.05, 3.63) is 0 Å². The molecule has 2 atom stereocenters. The van der Waals surface area contributed by atoms with Crippen molar-refractivity contribution in [3.63, 3.8) is 0 Å². The van der Waals surface area contributed by atoms with Crippen LogP contribution in [0.1, 0.15) is 52.9 Å². The zero-order valence-electron chi connectivity index (χ0n) is 11.9. The molecule has 1 saturated heterocycles. The van der Waals surface area contributed by atoms with Crippen molar-refractivity contribution in [2.75, 3.05) is 19.6 Å². The molecule has 2 heteroatoms. The molecule has 1 N–H and O–H groups in total. The topological polar surface area (TPSA) is 15.3 Å². The van der Waals surface area contributed by atoms with Gasteiger partial charge in [-0.1, -0.05) is 27.2 Å². The Balaban J connectivity index is 1.75. The molecular formula is C15H30N2. The first-order valence-corrected chi connectivity index (χ1v) is 7.66. The van der Waals surface area contributed by atoms with E-state index in [9.17, 15) is 0 Å². The van der Waals surface area contributed by atoms with E-state index in [4.69, 9.17) is 0 Å². The zero-order chi connectivity index (χ0) is 12.3. The Morgan fingerprint density at radius 2 is 2.00 bits per heavy atom. The molecule has 2 aliphatic rings. The van der Waals surface area contributed by atoms with Crippen molar-refractivity contribution in [1.29, 1.82) is 0 Å². The highest BCUT2D eigenvalue weighted by molar-refractivity contribution is 4.92. The molecule has 1 aliphatic heterocycles.